The highest BCUT2D eigenvalue weighted by Crippen LogP contribution is 2.17. The molecule has 2 unspecified atom stereocenters. The summed E-state index contributed by atoms with van der Waals surface area (Å²) in [6, 6.07) is -0.555. The monoisotopic (exact) mass is 982 g/mol. The molecule has 0 radical (unpaired) electrons. The number of hydrogen-bond donors (Lipinski definition) is 3. The number of nitrogens with one attached hydrogen (secondary N) is 1. The summed E-state index contributed by atoms with van der Waals surface area (Å²) >= 11 is 0. The number of aliphatic hydroxyl groups excluding tert-OH is 2. The minimum Gasteiger partial charge on any atom is -0.466 e. The van der Waals surface area contributed by atoms with E-state index < -0.39 is 12.1 Å². The first kappa shape index (κ1) is 67.8. The first-order chi connectivity index (χ1) is 34.5. The van der Waals surface area contributed by atoms with Gasteiger partial charge >= 0.3 is 5.97 Å². The third kappa shape index (κ3) is 55.1. The number of allylic oxidation sites excluding steroid dienone is 8. The van der Waals surface area contributed by atoms with Crippen LogP contribution in [0.4, 0.5) is 0 Å². The summed E-state index contributed by atoms with van der Waals surface area (Å²) in [5.74, 6) is -0.0727. The summed E-state index contributed by atoms with van der Waals surface area (Å²) in [7, 11) is 0. The van der Waals surface area contributed by atoms with Crippen LogP contribution in [0.3, 0.4) is 0 Å². The molecule has 0 fully saturated rings. The fourth-order valence-corrected chi connectivity index (χ4v) is 9.35. The van der Waals surface area contributed by atoms with Gasteiger partial charge in [-0.2, -0.15) is 0 Å². The van der Waals surface area contributed by atoms with Crippen LogP contribution in [0.1, 0.15) is 322 Å². The third-order valence-electron chi connectivity index (χ3n) is 14.1. The molecule has 3 N–H and O–H groups in total. The van der Waals surface area contributed by atoms with Crippen molar-refractivity contribution in [1.82, 2.24) is 5.32 Å². The molecule has 0 aromatic carbocycles. The summed E-state index contributed by atoms with van der Waals surface area (Å²) in [6.45, 7) is 4.90. The molecule has 410 valence electrons. The largest absolute Gasteiger partial charge is 0.466 e. The lowest BCUT2D eigenvalue weighted by atomic mass is 10.0. The van der Waals surface area contributed by atoms with Gasteiger partial charge in [-0.05, 0) is 96.3 Å². The van der Waals surface area contributed by atoms with Crippen LogP contribution < -0.4 is 5.32 Å². The van der Waals surface area contributed by atoms with Crippen molar-refractivity contribution in [3.05, 3.63) is 48.6 Å². The Morgan fingerprint density at radius 2 is 0.714 bits per heavy atom. The summed E-state index contributed by atoms with van der Waals surface area (Å²) < 4.78 is 5.46. The highest BCUT2D eigenvalue weighted by Gasteiger charge is 2.20. The van der Waals surface area contributed by atoms with Crippen molar-refractivity contribution in [2.24, 2.45) is 0 Å². The molecule has 0 bridgehead atoms. The molecule has 1 amide bonds. The highest BCUT2D eigenvalue weighted by atomic mass is 16.5. The fraction of sp³-hybridized carbons (Fsp3) is 0.844. The molecular weight excluding hydrogens is 863 g/mol. The molecule has 6 heteroatoms. The molecule has 0 heterocycles. The molecule has 0 aromatic heterocycles. The molecule has 2 atom stereocenters. The van der Waals surface area contributed by atoms with Crippen molar-refractivity contribution in [1.29, 1.82) is 0 Å². The predicted molar refractivity (Wildman–Crippen MR) is 306 cm³/mol. The van der Waals surface area contributed by atoms with Crippen molar-refractivity contribution in [3.63, 3.8) is 0 Å². The molecule has 0 spiro atoms. The van der Waals surface area contributed by atoms with Gasteiger partial charge in [0.25, 0.3) is 0 Å². The lowest BCUT2D eigenvalue weighted by molar-refractivity contribution is -0.143. The first-order valence-corrected chi connectivity index (χ1v) is 30.9. The van der Waals surface area contributed by atoms with Gasteiger partial charge in [0.05, 0.1) is 25.4 Å². The van der Waals surface area contributed by atoms with Crippen molar-refractivity contribution >= 4 is 11.9 Å². The van der Waals surface area contributed by atoms with E-state index in [0.29, 0.717) is 25.9 Å². The second-order valence-electron chi connectivity index (χ2n) is 21.0. The number of rotatable bonds is 57. The third-order valence-corrected chi connectivity index (χ3v) is 14.1. The van der Waals surface area contributed by atoms with Crippen molar-refractivity contribution in [2.45, 2.75) is 334 Å². The van der Waals surface area contributed by atoms with Crippen LogP contribution in [0.2, 0.25) is 0 Å². The Morgan fingerprint density at radius 3 is 1.10 bits per heavy atom. The topological polar surface area (TPSA) is 95.9 Å². The van der Waals surface area contributed by atoms with Gasteiger partial charge in [0.2, 0.25) is 5.91 Å². The zero-order chi connectivity index (χ0) is 50.7. The zero-order valence-corrected chi connectivity index (χ0v) is 46.7. The molecule has 0 aliphatic rings. The summed E-state index contributed by atoms with van der Waals surface area (Å²) in [5, 5.41) is 23.3. The number of carbonyl (C=O) groups is 2. The number of esters is 1. The van der Waals surface area contributed by atoms with Gasteiger partial charge in [0.1, 0.15) is 0 Å². The van der Waals surface area contributed by atoms with E-state index in [1.165, 1.54) is 199 Å². The fourth-order valence-electron chi connectivity index (χ4n) is 9.35. The molecule has 0 aliphatic heterocycles. The van der Waals surface area contributed by atoms with Crippen LogP contribution in [0.5, 0.6) is 0 Å². The Hall–Kier alpha value is -2.18. The second kappa shape index (κ2) is 59.4. The first-order valence-electron chi connectivity index (χ1n) is 30.9. The molecule has 0 saturated heterocycles. The predicted octanol–water partition coefficient (Wildman–Crippen LogP) is 19.4. The van der Waals surface area contributed by atoms with E-state index >= 15 is 0 Å². The zero-order valence-electron chi connectivity index (χ0n) is 46.7. The van der Waals surface area contributed by atoms with E-state index in [1.54, 1.807) is 0 Å². The average Bonchev–Trinajstić information content (AvgIpc) is 3.36. The Morgan fingerprint density at radius 1 is 0.400 bits per heavy atom. The SMILES string of the molecule is CCCCCC/C=C\C/C=C\CCCCCCCCCC(=O)OCCCCC/C=C\C/C=C\CCCCCCCCCC(=O)NC(CO)C(O)CCCCCCCCCCCCCCCCCCCC. The normalized spacial score (nSPS) is 12.9. The van der Waals surface area contributed by atoms with Gasteiger partial charge in [-0.15, -0.1) is 0 Å². The van der Waals surface area contributed by atoms with Crippen LogP contribution in [-0.4, -0.2) is 47.4 Å². The van der Waals surface area contributed by atoms with Gasteiger partial charge in [0.15, 0.2) is 0 Å². The van der Waals surface area contributed by atoms with Gasteiger partial charge in [-0.3, -0.25) is 9.59 Å². The van der Waals surface area contributed by atoms with Crippen molar-refractivity contribution in [3.8, 4) is 0 Å². The maximum absolute atomic E-state index is 12.5. The van der Waals surface area contributed by atoms with E-state index in [1.807, 2.05) is 0 Å². The minimum absolute atomic E-state index is 0.0228. The van der Waals surface area contributed by atoms with E-state index in [0.717, 1.165) is 89.9 Å². The smallest absolute Gasteiger partial charge is 0.305 e. The van der Waals surface area contributed by atoms with E-state index in [2.05, 4.69) is 67.8 Å². The van der Waals surface area contributed by atoms with Crippen LogP contribution in [0.25, 0.3) is 0 Å². The Kier molecular flexibility index (Phi) is 57.5. The molecule has 0 saturated carbocycles. The minimum atomic E-state index is -0.677. The number of amides is 1. The van der Waals surface area contributed by atoms with E-state index in [-0.39, 0.29) is 18.5 Å². The Bertz CT molecular complexity index is 1180. The summed E-state index contributed by atoms with van der Waals surface area (Å²) in [4.78, 5) is 24.6. The Balaban J connectivity index is 3.50. The second-order valence-corrected chi connectivity index (χ2v) is 21.0. The number of ether oxygens (including phenoxy) is 1. The lowest BCUT2D eigenvalue weighted by Gasteiger charge is -2.22. The number of carbonyl (C=O) groups excluding carboxylic acids is 2. The van der Waals surface area contributed by atoms with Gasteiger partial charge in [-0.25, -0.2) is 0 Å². The standard InChI is InChI=1S/C64H119NO5/c1-3-5-7-9-11-13-15-17-19-21-24-28-32-36-40-44-48-52-56-62(67)61(60-66)65-63(68)57-53-49-45-41-37-33-29-25-23-27-31-35-39-43-47-51-55-59-70-64(69)58-54-50-46-42-38-34-30-26-22-20-18-16-14-12-10-8-6-4-2/h14,16,20,22-23,27,35,39,61-62,66-67H,3-13,15,17-19,21,24-26,28-34,36-38,40-60H2,1-2H3,(H,65,68)/b16-14-,22-20-,27-23-,39-35-. The lowest BCUT2D eigenvalue weighted by Crippen LogP contribution is -2.45. The van der Waals surface area contributed by atoms with Gasteiger partial charge < -0.3 is 20.3 Å². The molecular formula is C64H119NO5. The number of aliphatic hydroxyl groups is 2. The van der Waals surface area contributed by atoms with Crippen LogP contribution >= 0.6 is 0 Å². The van der Waals surface area contributed by atoms with Crippen LogP contribution in [0, 0.1) is 0 Å². The molecule has 0 rings (SSSR count). The van der Waals surface area contributed by atoms with Crippen LogP contribution in [0.15, 0.2) is 48.6 Å². The van der Waals surface area contributed by atoms with Crippen molar-refractivity contribution in [2.75, 3.05) is 13.2 Å². The van der Waals surface area contributed by atoms with E-state index in [9.17, 15) is 19.8 Å². The van der Waals surface area contributed by atoms with Gasteiger partial charge in [0, 0.05) is 12.8 Å². The number of unbranched alkanes of at least 4 members (excludes halogenated alkanes) is 38. The maximum Gasteiger partial charge on any atom is 0.305 e. The number of hydrogen-bond acceptors (Lipinski definition) is 5. The molecule has 0 aromatic rings. The van der Waals surface area contributed by atoms with Crippen LogP contribution in [-0.2, 0) is 14.3 Å². The van der Waals surface area contributed by atoms with Gasteiger partial charge in [-0.1, -0.05) is 262 Å². The van der Waals surface area contributed by atoms with Crippen molar-refractivity contribution < 1.29 is 24.5 Å². The summed E-state index contributed by atoms with van der Waals surface area (Å²) in [5.41, 5.74) is 0. The quantitative estimate of drug-likeness (QED) is 0.0321. The molecule has 0 aliphatic carbocycles. The van der Waals surface area contributed by atoms with E-state index in [4.69, 9.17) is 4.74 Å². The Labute approximate surface area is 436 Å². The molecule has 70 heavy (non-hydrogen) atoms. The highest BCUT2D eigenvalue weighted by molar-refractivity contribution is 5.76. The summed E-state index contributed by atoms with van der Waals surface area (Å²) in [6.07, 6.45) is 75.4. The maximum atomic E-state index is 12.5. The average molecular weight is 983 g/mol. The molecule has 6 nitrogen and oxygen atoms in total.